The summed E-state index contributed by atoms with van der Waals surface area (Å²) in [7, 11) is 1.50. The molecule has 8 heteroatoms. The lowest BCUT2D eigenvalue weighted by atomic mass is 9.98. The minimum atomic E-state index is -0.324. The van der Waals surface area contributed by atoms with E-state index in [4.69, 9.17) is 9.15 Å². The summed E-state index contributed by atoms with van der Waals surface area (Å²) in [5, 5.41) is 12.1. The van der Waals surface area contributed by atoms with Crippen LogP contribution in [-0.4, -0.2) is 28.2 Å². The van der Waals surface area contributed by atoms with E-state index in [2.05, 4.69) is 20.5 Å². The quantitative estimate of drug-likeness (QED) is 0.589. The number of carbonyl (C=O) groups excluding carboxylic acids is 1. The number of rotatable bonds is 4. The fourth-order valence-corrected chi connectivity index (χ4v) is 3.23. The molecule has 0 radical (unpaired) electrons. The van der Waals surface area contributed by atoms with Crippen LogP contribution in [0.25, 0.3) is 22.1 Å². The molecular formula is C18H14N4O3S. The largest absolute Gasteiger partial charge is 0.472 e. The molecule has 0 saturated carbocycles. The number of methoxy groups -OCH3 is 1. The molecule has 0 bridgehead atoms. The molecular weight excluding hydrogens is 352 g/mol. The Morgan fingerprint density at radius 1 is 1.23 bits per heavy atom. The Morgan fingerprint density at radius 2 is 2.12 bits per heavy atom. The second kappa shape index (κ2) is 6.57. The summed E-state index contributed by atoms with van der Waals surface area (Å²) in [4.78, 5) is 17.1. The van der Waals surface area contributed by atoms with Crippen LogP contribution in [0.5, 0.6) is 5.19 Å². The first-order chi connectivity index (χ1) is 12.7. The lowest BCUT2D eigenvalue weighted by Crippen LogP contribution is -2.14. The minimum absolute atomic E-state index is 0.324. The number of anilines is 1. The van der Waals surface area contributed by atoms with E-state index in [1.54, 1.807) is 12.5 Å². The molecule has 7 nitrogen and oxygen atoms in total. The van der Waals surface area contributed by atoms with Gasteiger partial charge in [-0.1, -0.05) is 23.3 Å². The minimum Gasteiger partial charge on any atom is -0.472 e. The van der Waals surface area contributed by atoms with Crippen molar-refractivity contribution in [2.45, 2.75) is 6.92 Å². The van der Waals surface area contributed by atoms with Gasteiger partial charge in [-0.25, -0.2) is 0 Å². The number of ether oxygens (including phenoxy) is 1. The van der Waals surface area contributed by atoms with Crippen molar-refractivity contribution in [1.29, 1.82) is 0 Å². The summed E-state index contributed by atoms with van der Waals surface area (Å²) in [6.07, 6.45) is 3.19. The van der Waals surface area contributed by atoms with Crippen LogP contribution in [0.15, 0.2) is 47.2 Å². The highest BCUT2D eigenvalue weighted by Crippen LogP contribution is 2.32. The summed E-state index contributed by atoms with van der Waals surface area (Å²) < 4.78 is 10.6. The zero-order valence-electron chi connectivity index (χ0n) is 14.0. The molecule has 130 valence electrons. The van der Waals surface area contributed by atoms with E-state index in [-0.39, 0.29) is 5.91 Å². The number of fused-ring (bicyclic) bond motifs is 1. The van der Waals surface area contributed by atoms with Gasteiger partial charge in [0.05, 0.1) is 18.9 Å². The topological polar surface area (TPSA) is 90.1 Å². The second-order valence-electron chi connectivity index (χ2n) is 5.55. The number of nitrogens with one attached hydrogen (secondary N) is 1. The average Bonchev–Trinajstić information content (AvgIpc) is 3.30. The van der Waals surface area contributed by atoms with Crippen molar-refractivity contribution >= 4 is 33.3 Å². The van der Waals surface area contributed by atoms with Crippen molar-refractivity contribution in [3.05, 3.63) is 54.0 Å². The van der Waals surface area contributed by atoms with Crippen LogP contribution in [-0.2, 0) is 0 Å². The molecule has 3 aromatic heterocycles. The predicted octanol–water partition coefficient (Wildman–Crippen LogP) is 3.92. The standard InChI is InChI=1S/C18H14N4O3S/c1-10-8-13(12-5-3-4-11-6-7-25-15(11)12)14(9-19-10)16(23)20-17-21-22-18(24-2)26-17/h3-9H,1-2H3,(H,20,21,23). The normalized spacial score (nSPS) is 10.8. The Balaban J connectivity index is 1.77. The highest BCUT2D eigenvalue weighted by Gasteiger charge is 2.18. The van der Waals surface area contributed by atoms with E-state index in [1.807, 2.05) is 37.3 Å². The summed E-state index contributed by atoms with van der Waals surface area (Å²) in [6, 6.07) is 9.57. The van der Waals surface area contributed by atoms with Crippen molar-refractivity contribution in [2.75, 3.05) is 12.4 Å². The van der Waals surface area contributed by atoms with Gasteiger partial charge in [0.25, 0.3) is 11.1 Å². The van der Waals surface area contributed by atoms with Gasteiger partial charge < -0.3 is 9.15 Å². The lowest BCUT2D eigenvalue weighted by molar-refractivity contribution is 0.102. The maximum absolute atomic E-state index is 12.8. The number of benzene rings is 1. The van der Waals surface area contributed by atoms with Gasteiger partial charge in [-0.05, 0) is 30.4 Å². The molecule has 0 atom stereocenters. The second-order valence-corrected chi connectivity index (χ2v) is 6.49. The van der Waals surface area contributed by atoms with E-state index < -0.39 is 0 Å². The monoisotopic (exact) mass is 366 g/mol. The van der Waals surface area contributed by atoms with E-state index in [1.165, 1.54) is 7.11 Å². The maximum Gasteiger partial charge on any atom is 0.295 e. The molecule has 0 unspecified atom stereocenters. The molecule has 4 rings (SSSR count). The van der Waals surface area contributed by atoms with Crippen LogP contribution >= 0.6 is 11.3 Å². The lowest BCUT2D eigenvalue weighted by Gasteiger charge is -2.10. The van der Waals surface area contributed by atoms with E-state index >= 15 is 0 Å². The zero-order chi connectivity index (χ0) is 18.1. The molecule has 1 aromatic carbocycles. The van der Waals surface area contributed by atoms with Crippen LogP contribution in [0.1, 0.15) is 16.1 Å². The Labute approximate surface area is 152 Å². The first-order valence-electron chi connectivity index (χ1n) is 7.78. The summed E-state index contributed by atoms with van der Waals surface area (Å²) >= 11 is 1.15. The number of hydrogen-bond acceptors (Lipinski definition) is 7. The molecule has 0 aliphatic rings. The van der Waals surface area contributed by atoms with Gasteiger partial charge in [-0.15, -0.1) is 5.10 Å². The Kier molecular flexibility index (Phi) is 4.10. The highest BCUT2D eigenvalue weighted by atomic mass is 32.1. The molecule has 3 heterocycles. The number of para-hydroxylation sites is 1. The van der Waals surface area contributed by atoms with Gasteiger partial charge in [-0.2, -0.15) is 0 Å². The third-order valence-electron chi connectivity index (χ3n) is 3.86. The number of nitrogens with zero attached hydrogens (tertiary/aromatic N) is 3. The molecule has 0 aliphatic carbocycles. The molecule has 4 aromatic rings. The highest BCUT2D eigenvalue weighted by molar-refractivity contribution is 7.17. The number of hydrogen-bond donors (Lipinski definition) is 1. The Hall–Kier alpha value is -3.26. The Morgan fingerprint density at radius 3 is 2.92 bits per heavy atom. The van der Waals surface area contributed by atoms with Crippen LogP contribution in [0.2, 0.25) is 0 Å². The van der Waals surface area contributed by atoms with Crippen LogP contribution < -0.4 is 10.1 Å². The third kappa shape index (κ3) is 2.91. The molecule has 1 amide bonds. The maximum atomic E-state index is 12.8. The van der Waals surface area contributed by atoms with Crippen molar-refractivity contribution in [3.8, 4) is 16.3 Å². The molecule has 0 spiro atoms. The Bertz CT molecular complexity index is 1100. The van der Waals surface area contributed by atoms with Crippen LogP contribution in [0.3, 0.4) is 0 Å². The van der Waals surface area contributed by atoms with Crippen molar-refractivity contribution in [2.24, 2.45) is 0 Å². The smallest absolute Gasteiger partial charge is 0.295 e. The van der Waals surface area contributed by atoms with E-state index in [0.717, 1.165) is 39.1 Å². The molecule has 26 heavy (non-hydrogen) atoms. The van der Waals surface area contributed by atoms with E-state index in [9.17, 15) is 4.79 Å². The third-order valence-corrected chi connectivity index (χ3v) is 4.66. The van der Waals surface area contributed by atoms with Crippen LogP contribution in [0.4, 0.5) is 5.13 Å². The van der Waals surface area contributed by atoms with Gasteiger partial charge in [0.2, 0.25) is 5.13 Å². The number of aromatic nitrogens is 3. The van der Waals surface area contributed by atoms with E-state index in [0.29, 0.717) is 15.9 Å². The first kappa shape index (κ1) is 16.2. The molecule has 0 fully saturated rings. The number of amides is 1. The molecule has 0 saturated heterocycles. The van der Waals surface area contributed by atoms with Crippen molar-refractivity contribution in [1.82, 2.24) is 15.2 Å². The number of pyridine rings is 1. The summed E-state index contributed by atoms with van der Waals surface area (Å²) in [6.45, 7) is 1.88. The molecule has 1 N–H and O–H groups in total. The summed E-state index contributed by atoms with van der Waals surface area (Å²) in [5.41, 5.74) is 3.53. The van der Waals surface area contributed by atoms with Crippen molar-refractivity contribution in [3.63, 3.8) is 0 Å². The van der Waals surface area contributed by atoms with Crippen molar-refractivity contribution < 1.29 is 13.9 Å². The van der Waals surface area contributed by atoms with Gasteiger partial charge in [0.15, 0.2) is 0 Å². The summed E-state index contributed by atoms with van der Waals surface area (Å²) in [5.74, 6) is -0.324. The van der Waals surface area contributed by atoms with Gasteiger partial charge in [0, 0.05) is 28.4 Å². The zero-order valence-corrected chi connectivity index (χ0v) is 14.8. The van der Waals surface area contributed by atoms with Crippen LogP contribution in [0, 0.1) is 6.92 Å². The number of aryl methyl sites for hydroxylation is 1. The number of carbonyl (C=O) groups is 1. The average molecular weight is 366 g/mol. The van der Waals surface area contributed by atoms with Gasteiger partial charge >= 0.3 is 0 Å². The SMILES string of the molecule is COc1nnc(NC(=O)c2cnc(C)cc2-c2cccc3ccoc23)s1. The molecule has 0 aliphatic heterocycles. The fourth-order valence-electron chi connectivity index (χ4n) is 2.68. The fraction of sp³-hybridized carbons (Fsp3) is 0.111. The van der Waals surface area contributed by atoms with Gasteiger partial charge in [-0.3, -0.25) is 15.1 Å². The van der Waals surface area contributed by atoms with Gasteiger partial charge in [0.1, 0.15) is 5.58 Å². The first-order valence-corrected chi connectivity index (χ1v) is 8.59. The number of furan rings is 1. The predicted molar refractivity (Wildman–Crippen MR) is 98.6 cm³/mol.